The summed E-state index contributed by atoms with van der Waals surface area (Å²) in [4.78, 5) is 65.6. The Kier molecular flexibility index (Phi) is 7.98. The normalized spacial score (nSPS) is 28.3. The van der Waals surface area contributed by atoms with E-state index in [9.17, 15) is 29.3 Å². The molecule has 1 aromatic rings. The Balaban J connectivity index is 1.54. The molecule has 1 aromatic carbocycles. The van der Waals surface area contributed by atoms with Crippen LogP contribution in [-0.4, -0.2) is 83.0 Å². The summed E-state index contributed by atoms with van der Waals surface area (Å²) < 4.78 is 10.8. The van der Waals surface area contributed by atoms with E-state index in [1.54, 1.807) is 18.9 Å². The molecule has 1 unspecified atom stereocenters. The fourth-order valence-electron chi connectivity index (χ4n) is 4.99. The minimum Gasteiger partial charge on any atom is -0.464 e. The molecule has 38 heavy (non-hydrogen) atoms. The largest absolute Gasteiger partial charge is 0.464 e. The molecular formula is C26H32N4O8. The van der Waals surface area contributed by atoms with E-state index >= 15 is 0 Å². The van der Waals surface area contributed by atoms with Crippen molar-refractivity contribution in [3.8, 4) is 0 Å². The van der Waals surface area contributed by atoms with Gasteiger partial charge in [0.25, 0.3) is 5.69 Å². The van der Waals surface area contributed by atoms with Gasteiger partial charge in [-0.3, -0.25) is 14.9 Å². The number of nitrogens with one attached hydrogen (secondary N) is 1. The summed E-state index contributed by atoms with van der Waals surface area (Å²) >= 11 is 0. The van der Waals surface area contributed by atoms with Crippen molar-refractivity contribution in [3.05, 3.63) is 52.1 Å². The van der Waals surface area contributed by atoms with Gasteiger partial charge in [-0.05, 0) is 44.7 Å². The maximum absolute atomic E-state index is 13.5. The Morgan fingerprint density at radius 2 is 1.95 bits per heavy atom. The molecule has 0 radical (unpaired) electrons. The number of carbonyl (C=O) groups excluding carboxylic acids is 4. The number of rotatable bonds is 5. The average molecular weight is 529 g/mol. The van der Waals surface area contributed by atoms with Crippen LogP contribution in [0.3, 0.4) is 0 Å². The van der Waals surface area contributed by atoms with E-state index in [0.717, 1.165) is 19.3 Å². The first kappa shape index (κ1) is 27.1. The second-order valence-electron chi connectivity index (χ2n) is 9.85. The fraction of sp³-hybridized carbons (Fsp3) is 0.538. The van der Waals surface area contributed by atoms with Crippen molar-refractivity contribution in [2.75, 3.05) is 26.7 Å². The lowest BCUT2D eigenvalue weighted by Gasteiger charge is -2.29. The molecule has 3 amide bonds. The van der Waals surface area contributed by atoms with Gasteiger partial charge in [0.15, 0.2) is 0 Å². The maximum Gasteiger partial charge on any atom is 0.338 e. The van der Waals surface area contributed by atoms with Crippen molar-refractivity contribution in [1.82, 2.24) is 15.1 Å². The molecule has 0 bridgehead atoms. The van der Waals surface area contributed by atoms with E-state index in [-0.39, 0.29) is 42.6 Å². The molecule has 2 aliphatic heterocycles. The van der Waals surface area contributed by atoms with Gasteiger partial charge in [0, 0.05) is 38.1 Å². The molecule has 0 aromatic heterocycles. The number of non-ortho nitro benzene ring substituents is 1. The molecule has 4 atom stereocenters. The number of fused-ring (bicyclic) bond motifs is 2. The first-order valence-electron chi connectivity index (χ1n) is 12.8. The summed E-state index contributed by atoms with van der Waals surface area (Å²) in [6.45, 7) is 2.33. The van der Waals surface area contributed by atoms with Crippen molar-refractivity contribution < 1.29 is 33.6 Å². The van der Waals surface area contributed by atoms with Gasteiger partial charge in [0.05, 0.1) is 23.6 Å². The summed E-state index contributed by atoms with van der Waals surface area (Å²) in [7, 11) is 1.67. The van der Waals surface area contributed by atoms with E-state index in [0.29, 0.717) is 13.0 Å². The van der Waals surface area contributed by atoms with Gasteiger partial charge < -0.3 is 24.6 Å². The highest BCUT2D eigenvalue weighted by Gasteiger charge is 2.62. The summed E-state index contributed by atoms with van der Waals surface area (Å²) in [5.41, 5.74) is -1.24. The number of amides is 3. The fourth-order valence-corrected chi connectivity index (χ4v) is 4.99. The zero-order valence-corrected chi connectivity index (χ0v) is 21.5. The molecule has 2 fully saturated rings. The molecule has 0 spiro atoms. The van der Waals surface area contributed by atoms with Crippen LogP contribution in [0.4, 0.5) is 10.5 Å². The van der Waals surface area contributed by atoms with E-state index in [2.05, 4.69) is 5.32 Å². The Labute approximate surface area is 220 Å². The molecule has 1 aliphatic carbocycles. The monoisotopic (exact) mass is 528 g/mol. The molecule has 2 heterocycles. The second-order valence-corrected chi connectivity index (χ2v) is 9.85. The van der Waals surface area contributed by atoms with E-state index in [1.165, 1.54) is 29.2 Å². The van der Waals surface area contributed by atoms with Gasteiger partial charge in [-0.2, -0.15) is 0 Å². The quantitative estimate of drug-likeness (QED) is 0.265. The molecule has 4 rings (SSSR count). The Morgan fingerprint density at radius 1 is 1.21 bits per heavy atom. The number of allylic oxidation sites excluding steroid dienone is 1. The highest BCUT2D eigenvalue weighted by molar-refractivity contribution is 5.94. The van der Waals surface area contributed by atoms with Crippen molar-refractivity contribution in [2.24, 2.45) is 5.92 Å². The zero-order valence-electron chi connectivity index (χ0n) is 21.5. The lowest BCUT2D eigenvalue weighted by atomic mass is 10.1. The first-order valence-corrected chi connectivity index (χ1v) is 12.8. The number of carbonyl (C=O) groups is 4. The molecular weight excluding hydrogens is 496 g/mol. The smallest absolute Gasteiger partial charge is 0.338 e. The van der Waals surface area contributed by atoms with Crippen LogP contribution < -0.4 is 5.32 Å². The van der Waals surface area contributed by atoms with Crippen molar-refractivity contribution >= 4 is 29.6 Å². The molecule has 1 saturated carbocycles. The van der Waals surface area contributed by atoms with Crippen LogP contribution in [0, 0.1) is 16.0 Å². The Hall–Kier alpha value is -3.96. The number of nitro groups is 1. The Morgan fingerprint density at radius 3 is 2.63 bits per heavy atom. The molecule has 1 saturated heterocycles. The highest BCUT2D eigenvalue weighted by Crippen LogP contribution is 2.46. The van der Waals surface area contributed by atoms with Gasteiger partial charge in [-0.25, -0.2) is 14.4 Å². The molecule has 12 nitrogen and oxygen atoms in total. The van der Waals surface area contributed by atoms with Crippen molar-refractivity contribution in [1.29, 1.82) is 0 Å². The van der Waals surface area contributed by atoms with Gasteiger partial charge in [0.2, 0.25) is 5.91 Å². The van der Waals surface area contributed by atoms with Gasteiger partial charge in [0.1, 0.15) is 17.7 Å². The van der Waals surface area contributed by atoms with Gasteiger partial charge in [-0.15, -0.1) is 0 Å². The third-order valence-corrected chi connectivity index (χ3v) is 7.24. The van der Waals surface area contributed by atoms with Crippen LogP contribution in [0.2, 0.25) is 0 Å². The van der Waals surface area contributed by atoms with Gasteiger partial charge in [-0.1, -0.05) is 12.2 Å². The number of benzene rings is 1. The van der Waals surface area contributed by atoms with E-state index in [4.69, 9.17) is 9.47 Å². The Bertz CT molecular complexity index is 1140. The van der Waals surface area contributed by atoms with Crippen LogP contribution in [0.15, 0.2) is 36.4 Å². The summed E-state index contributed by atoms with van der Waals surface area (Å²) in [6, 6.07) is 3.50. The minimum absolute atomic E-state index is 0.0474. The first-order chi connectivity index (χ1) is 18.2. The topological polar surface area (TPSA) is 148 Å². The SMILES string of the molecule is CCOC(=O)[C@@]12C[C@@H]1/C=C\CCCCN(C)C(=O)C1C[C@H](OC(=O)c3ccc([N+](=O)[O-])cc3)CN1C(=O)N2. The highest BCUT2D eigenvalue weighted by atomic mass is 16.6. The lowest BCUT2D eigenvalue weighted by molar-refractivity contribution is -0.384. The standard InChI is InChI=1S/C26H32N4O8/c1-3-37-24(33)26-15-18(26)8-6-4-5-7-13-28(2)22(31)21-14-20(16-29(21)25(34)27-26)38-23(32)17-9-11-19(12-10-17)30(35)36/h6,8-12,18,20-21H,3-5,7,13-16H2,1-2H3,(H,27,34)/b8-6-/t18-,20-,21?,26+/m0/s1. The molecule has 1 N–H and O–H groups in total. The van der Waals surface area contributed by atoms with Crippen molar-refractivity contribution in [2.45, 2.75) is 56.7 Å². The number of likely N-dealkylation sites (N-methyl/N-ethyl adjacent to an activating group) is 1. The predicted octanol–water partition coefficient (Wildman–Crippen LogP) is 2.42. The van der Waals surface area contributed by atoms with E-state index in [1.807, 2.05) is 12.2 Å². The third-order valence-electron chi connectivity index (χ3n) is 7.24. The van der Waals surface area contributed by atoms with Crippen molar-refractivity contribution in [3.63, 3.8) is 0 Å². The summed E-state index contributed by atoms with van der Waals surface area (Å²) in [5, 5.41) is 13.7. The number of urea groups is 1. The number of ether oxygens (including phenoxy) is 2. The minimum atomic E-state index is -1.19. The van der Waals surface area contributed by atoms with E-state index < -0.39 is 40.6 Å². The average Bonchev–Trinajstić information content (AvgIpc) is 3.42. The number of esters is 2. The van der Waals surface area contributed by atoms with Crippen LogP contribution in [0.25, 0.3) is 0 Å². The molecule has 204 valence electrons. The van der Waals surface area contributed by atoms with Crippen LogP contribution in [-0.2, 0) is 19.1 Å². The van der Waals surface area contributed by atoms with Gasteiger partial charge >= 0.3 is 18.0 Å². The number of nitro benzene ring substituents is 1. The summed E-state index contributed by atoms with van der Waals surface area (Å²) in [5.74, 6) is -1.72. The second kappa shape index (κ2) is 11.2. The molecule has 12 heteroatoms. The van der Waals surface area contributed by atoms with Crippen LogP contribution in [0.1, 0.15) is 49.4 Å². The van der Waals surface area contributed by atoms with Crippen LogP contribution in [0.5, 0.6) is 0 Å². The number of hydrogen-bond acceptors (Lipinski definition) is 8. The lowest BCUT2D eigenvalue weighted by Crippen LogP contribution is -2.55. The zero-order chi connectivity index (χ0) is 27.4. The predicted molar refractivity (Wildman–Crippen MR) is 134 cm³/mol. The maximum atomic E-state index is 13.5. The number of hydrogen-bond donors (Lipinski definition) is 1. The summed E-state index contributed by atoms with van der Waals surface area (Å²) in [6.07, 6.45) is 6.08. The number of nitrogens with zero attached hydrogens (tertiary/aromatic N) is 3. The molecule has 3 aliphatic rings. The third kappa shape index (κ3) is 5.63. The van der Waals surface area contributed by atoms with Crippen LogP contribution >= 0.6 is 0 Å².